The van der Waals surface area contributed by atoms with E-state index in [1.54, 1.807) is 30.3 Å². The minimum absolute atomic E-state index is 0.00502. The summed E-state index contributed by atoms with van der Waals surface area (Å²) in [5.41, 5.74) is 3.31. The molecular formula is C27H27ClN2O3. The fraction of sp³-hybridized carbons (Fsp3) is 0.259. The van der Waals surface area contributed by atoms with E-state index in [-0.39, 0.29) is 23.8 Å². The van der Waals surface area contributed by atoms with Crippen LogP contribution in [-0.4, -0.2) is 24.5 Å². The van der Waals surface area contributed by atoms with Crippen molar-refractivity contribution in [3.8, 4) is 5.75 Å². The molecule has 4 rings (SSSR count). The number of carbonyl (C=O) groups is 2. The number of amides is 2. The van der Waals surface area contributed by atoms with E-state index in [0.29, 0.717) is 29.3 Å². The van der Waals surface area contributed by atoms with Crippen LogP contribution in [-0.2, 0) is 17.6 Å². The molecule has 2 amide bonds. The maximum Gasteiger partial charge on any atom is 0.255 e. The second-order valence-corrected chi connectivity index (χ2v) is 8.87. The molecule has 0 unspecified atom stereocenters. The predicted octanol–water partition coefficient (Wildman–Crippen LogP) is 5.28. The van der Waals surface area contributed by atoms with Gasteiger partial charge in [0.25, 0.3) is 5.91 Å². The smallest absolute Gasteiger partial charge is 0.255 e. The number of aryl methyl sites for hydroxylation is 1. The number of hydrogen-bond acceptors (Lipinski definition) is 3. The molecule has 5 nitrogen and oxygen atoms in total. The summed E-state index contributed by atoms with van der Waals surface area (Å²) >= 11 is 5.98. The van der Waals surface area contributed by atoms with Gasteiger partial charge in [-0.25, -0.2) is 0 Å². The van der Waals surface area contributed by atoms with E-state index in [1.165, 1.54) is 5.56 Å². The third kappa shape index (κ3) is 6.14. The molecule has 0 saturated carbocycles. The van der Waals surface area contributed by atoms with Gasteiger partial charge < -0.3 is 15.4 Å². The van der Waals surface area contributed by atoms with Crippen LogP contribution in [0.5, 0.6) is 5.75 Å². The Bertz CT molecular complexity index is 1130. The molecule has 0 aromatic heterocycles. The maximum atomic E-state index is 12.8. The monoisotopic (exact) mass is 462 g/mol. The molecule has 0 fully saturated rings. The van der Waals surface area contributed by atoms with Crippen LogP contribution in [0, 0.1) is 5.92 Å². The van der Waals surface area contributed by atoms with Crippen LogP contribution < -0.4 is 15.4 Å². The van der Waals surface area contributed by atoms with Gasteiger partial charge >= 0.3 is 0 Å². The van der Waals surface area contributed by atoms with Crippen LogP contribution in [0.4, 0.5) is 5.69 Å². The fourth-order valence-corrected chi connectivity index (χ4v) is 4.12. The lowest BCUT2D eigenvalue weighted by molar-refractivity contribution is -0.126. The molecule has 33 heavy (non-hydrogen) atoms. The Morgan fingerprint density at radius 3 is 2.67 bits per heavy atom. The van der Waals surface area contributed by atoms with Gasteiger partial charge in [-0.3, -0.25) is 9.59 Å². The molecule has 170 valence electrons. The quantitative estimate of drug-likeness (QED) is 0.502. The largest absolute Gasteiger partial charge is 0.492 e. The number of halogens is 1. The molecule has 1 heterocycles. The molecule has 0 spiro atoms. The Morgan fingerprint density at radius 2 is 1.88 bits per heavy atom. The lowest BCUT2D eigenvalue weighted by Crippen LogP contribution is -2.41. The van der Waals surface area contributed by atoms with Crippen LogP contribution >= 0.6 is 11.6 Å². The van der Waals surface area contributed by atoms with Gasteiger partial charge in [-0.05, 0) is 73.7 Å². The number of nitrogens with one attached hydrogen (secondary N) is 2. The molecule has 6 heteroatoms. The Morgan fingerprint density at radius 1 is 1.06 bits per heavy atom. The first-order valence-electron chi connectivity index (χ1n) is 11.1. The predicted molar refractivity (Wildman–Crippen MR) is 131 cm³/mol. The van der Waals surface area contributed by atoms with Gasteiger partial charge in [0.1, 0.15) is 12.4 Å². The van der Waals surface area contributed by atoms with Crippen molar-refractivity contribution in [1.82, 2.24) is 5.32 Å². The summed E-state index contributed by atoms with van der Waals surface area (Å²) in [7, 11) is 0. The van der Waals surface area contributed by atoms with Gasteiger partial charge in [0, 0.05) is 22.3 Å². The maximum absolute atomic E-state index is 12.8. The average Bonchev–Trinajstić information content (AvgIpc) is 2.83. The van der Waals surface area contributed by atoms with Crippen LogP contribution in [0.1, 0.15) is 34.8 Å². The van der Waals surface area contributed by atoms with Crippen LogP contribution in [0.3, 0.4) is 0 Å². The SMILES string of the molecule is C[C@@H](CCc1ccccc1)NC(=O)[C@H]1COc2ccc(NC(=O)c3cccc(Cl)c3)cc2C1. The molecular weight excluding hydrogens is 436 g/mol. The van der Waals surface area contributed by atoms with E-state index in [2.05, 4.69) is 22.8 Å². The van der Waals surface area contributed by atoms with E-state index in [0.717, 1.165) is 24.2 Å². The normalized spacial score (nSPS) is 15.6. The van der Waals surface area contributed by atoms with Gasteiger partial charge in [-0.1, -0.05) is 48.0 Å². The molecule has 0 bridgehead atoms. The van der Waals surface area contributed by atoms with Crippen LogP contribution in [0.25, 0.3) is 0 Å². The Labute approximate surface area is 199 Å². The molecule has 1 aliphatic heterocycles. The zero-order valence-corrected chi connectivity index (χ0v) is 19.3. The standard InChI is InChI=1S/C27H27ClN2O3/c1-18(10-11-19-6-3-2-4-7-19)29-27(32)22-14-21-16-24(12-13-25(21)33-17-22)30-26(31)20-8-5-9-23(28)15-20/h2-9,12-13,15-16,18,22H,10-11,14,17H2,1H3,(H,29,32)(H,30,31)/t18-,22+/m0/s1. The van der Waals surface area contributed by atoms with Crippen LogP contribution in [0.2, 0.25) is 5.02 Å². The Balaban J connectivity index is 1.34. The summed E-state index contributed by atoms with van der Waals surface area (Å²) in [5, 5.41) is 6.52. The highest BCUT2D eigenvalue weighted by Gasteiger charge is 2.27. The van der Waals surface area contributed by atoms with Gasteiger partial charge in [0.2, 0.25) is 5.91 Å². The second kappa shape index (κ2) is 10.5. The third-order valence-corrected chi connectivity index (χ3v) is 6.01. The second-order valence-electron chi connectivity index (χ2n) is 8.43. The number of hydrogen-bond donors (Lipinski definition) is 2. The van der Waals surface area contributed by atoms with E-state index in [4.69, 9.17) is 16.3 Å². The van der Waals surface area contributed by atoms with E-state index in [1.807, 2.05) is 37.3 Å². The van der Waals surface area contributed by atoms with Crippen molar-refractivity contribution < 1.29 is 14.3 Å². The fourth-order valence-electron chi connectivity index (χ4n) is 3.93. The summed E-state index contributed by atoms with van der Waals surface area (Å²) in [4.78, 5) is 25.4. The van der Waals surface area contributed by atoms with Crippen LogP contribution in [0.15, 0.2) is 72.8 Å². The highest BCUT2D eigenvalue weighted by Crippen LogP contribution is 2.30. The van der Waals surface area contributed by atoms with Gasteiger partial charge in [0.15, 0.2) is 0 Å². The summed E-state index contributed by atoms with van der Waals surface area (Å²) in [6.45, 7) is 2.38. The molecule has 0 saturated heterocycles. The molecule has 1 aliphatic rings. The van der Waals surface area contributed by atoms with E-state index in [9.17, 15) is 9.59 Å². The number of anilines is 1. The summed E-state index contributed by atoms with van der Waals surface area (Å²) in [6.07, 6.45) is 2.36. The lowest BCUT2D eigenvalue weighted by atomic mass is 9.95. The van der Waals surface area contributed by atoms with Gasteiger partial charge in [-0.2, -0.15) is 0 Å². The average molecular weight is 463 g/mol. The number of ether oxygens (including phenoxy) is 1. The highest BCUT2D eigenvalue weighted by molar-refractivity contribution is 6.31. The molecule has 0 radical (unpaired) electrons. The summed E-state index contributed by atoms with van der Waals surface area (Å²) < 4.78 is 5.84. The Kier molecular flexibility index (Phi) is 7.30. The lowest BCUT2D eigenvalue weighted by Gasteiger charge is -2.26. The van der Waals surface area contributed by atoms with Crippen molar-refractivity contribution in [1.29, 1.82) is 0 Å². The first kappa shape index (κ1) is 22.9. The molecule has 2 N–H and O–H groups in total. The minimum Gasteiger partial charge on any atom is -0.492 e. The number of carbonyl (C=O) groups excluding carboxylic acids is 2. The minimum atomic E-state index is -0.268. The van der Waals surface area contributed by atoms with Crippen molar-refractivity contribution in [3.05, 3.63) is 94.5 Å². The van der Waals surface area contributed by atoms with Gasteiger partial charge in [-0.15, -0.1) is 0 Å². The summed E-state index contributed by atoms with van der Waals surface area (Å²) in [6, 6.07) is 22.6. The molecule has 2 atom stereocenters. The molecule has 0 aliphatic carbocycles. The van der Waals surface area contributed by atoms with E-state index < -0.39 is 0 Å². The molecule has 3 aromatic rings. The third-order valence-electron chi connectivity index (χ3n) is 5.78. The van der Waals surface area contributed by atoms with Crippen molar-refractivity contribution in [2.75, 3.05) is 11.9 Å². The van der Waals surface area contributed by atoms with Gasteiger partial charge in [0.05, 0.1) is 5.92 Å². The zero-order chi connectivity index (χ0) is 23.2. The Hall–Kier alpha value is -3.31. The molecule has 3 aromatic carbocycles. The number of benzene rings is 3. The first-order chi connectivity index (χ1) is 16.0. The number of fused-ring (bicyclic) bond motifs is 1. The number of rotatable bonds is 7. The van der Waals surface area contributed by atoms with Crippen molar-refractivity contribution in [2.45, 2.75) is 32.2 Å². The van der Waals surface area contributed by atoms with Crippen molar-refractivity contribution in [3.63, 3.8) is 0 Å². The first-order valence-corrected chi connectivity index (χ1v) is 11.5. The van der Waals surface area contributed by atoms with Crippen molar-refractivity contribution in [2.24, 2.45) is 5.92 Å². The van der Waals surface area contributed by atoms with Crippen molar-refractivity contribution >= 4 is 29.1 Å². The summed E-state index contributed by atoms with van der Waals surface area (Å²) in [5.74, 6) is 0.234. The highest BCUT2D eigenvalue weighted by atomic mass is 35.5. The van der Waals surface area contributed by atoms with E-state index >= 15 is 0 Å². The zero-order valence-electron chi connectivity index (χ0n) is 18.5. The topological polar surface area (TPSA) is 67.4 Å².